The van der Waals surface area contributed by atoms with Crippen molar-refractivity contribution in [2.45, 2.75) is 284 Å². The Hall–Kier alpha value is -0.660. The fourth-order valence-electron chi connectivity index (χ4n) is 8.31. The molecule has 1 rings (SSSR count). The Kier molecular flexibility index (Phi) is 37.5. The van der Waals surface area contributed by atoms with Crippen molar-refractivity contribution in [1.82, 2.24) is 9.80 Å². The Labute approximate surface area is 318 Å². The Morgan fingerprint density at radius 2 is 0.460 bits per heavy atom. The molecule has 0 N–H and O–H groups in total. The number of rotatable bonds is 42. The summed E-state index contributed by atoms with van der Waals surface area (Å²) in [6, 6.07) is 0. The Morgan fingerprint density at radius 3 is 0.700 bits per heavy atom. The average molecular weight is 701 g/mol. The van der Waals surface area contributed by atoms with Gasteiger partial charge in [-0.3, -0.25) is 0 Å². The highest BCUT2D eigenvalue weighted by molar-refractivity contribution is 4.97. The Morgan fingerprint density at radius 1 is 0.260 bits per heavy atom. The lowest BCUT2D eigenvalue weighted by Crippen LogP contribution is -2.39. The van der Waals surface area contributed by atoms with E-state index in [2.05, 4.69) is 43.0 Å². The van der Waals surface area contributed by atoms with Crippen LogP contribution in [0.4, 0.5) is 0 Å². The third-order valence-electron chi connectivity index (χ3n) is 11.8. The van der Waals surface area contributed by atoms with Crippen molar-refractivity contribution < 1.29 is 0 Å². The van der Waals surface area contributed by atoms with E-state index in [-0.39, 0.29) is 0 Å². The monoisotopic (exact) mass is 701 g/mol. The Bertz CT molecular complexity index is 659. The number of nitrogens with zero attached hydrogens (tertiary/aromatic N) is 2. The fourth-order valence-corrected chi connectivity index (χ4v) is 8.31. The van der Waals surface area contributed by atoms with E-state index in [9.17, 15) is 0 Å². The van der Waals surface area contributed by atoms with Crippen LogP contribution in [0.3, 0.4) is 0 Å². The number of unbranched alkanes of at least 4 members (excludes halogenated alkanes) is 36. The number of hydrogen-bond donors (Lipinski definition) is 0. The highest BCUT2D eigenvalue weighted by Crippen LogP contribution is 2.24. The lowest BCUT2D eigenvalue weighted by atomic mass is 10.0. The van der Waals surface area contributed by atoms with Crippen LogP contribution < -0.4 is 0 Å². The topological polar surface area (TPSA) is 6.48 Å². The SMILES string of the molecule is CCCCCCCCCCCCCCCCCCC1N(CCCCCCCCC)C=CN1CCCCCCCCCCCCCCCCCC. The van der Waals surface area contributed by atoms with Crippen molar-refractivity contribution in [1.29, 1.82) is 0 Å². The maximum atomic E-state index is 2.73. The van der Waals surface area contributed by atoms with Gasteiger partial charge in [-0.2, -0.15) is 0 Å². The molecule has 1 unspecified atom stereocenters. The molecule has 298 valence electrons. The summed E-state index contributed by atoms with van der Waals surface area (Å²) in [5.41, 5.74) is 0. The maximum absolute atomic E-state index is 2.73. The smallest absolute Gasteiger partial charge is 0.101 e. The van der Waals surface area contributed by atoms with Gasteiger partial charge >= 0.3 is 0 Å². The van der Waals surface area contributed by atoms with E-state index in [4.69, 9.17) is 0 Å². The zero-order valence-corrected chi connectivity index (χ0v) is 35.3. The van der Waals surface area contributed by atoms with E-state index >= 15 is 0 Å². The molecule has 0 aromatic heterocycles. The van der Waals surface area contributed by atoms with Crippen molar-refractivity contribution in [3.8, 4) is 0 Å². The van der Waals surface area contributed by atoms with Crippen molar-refractivity contribution in [3.05, 3.63) is 12.4 Å². The molecule has 0 aromatic rings. The van der Waals surface area contributed by atoms with Crippen molar-refractivity contribution in [2.24, 2.45) is 0 Å². The molecular formula is C48H96N2. The van der Waals surface area contributed by atoms with Crippen molar-refractivity contribution >= 4 is 0 Å². The van der Waals surface area contributed by atoms with Crippen LogP contribution in [-0.2, 0) is 0 Å². The van der Waals surface area contributed by atoms with Crippen LogP contribution in [0.5, 0.6) is 0 Å². The van der Waals surface area contributed by atoms with E-state index in [0.717, 1.165) is 0 Å². The van der Waals surface area contributed by atoms with Gasteiger partial charge in [0.2, 0.25) is 0 Å². The molecule has 1 aliphatic heterocycles. The predicted molar refractivity (Wildman–Crippen MR) is 228 cm³/mol. The third kappa shape index (κ3) is 30.9. The molecule has 0 saturated heterocycles. The van der Waals surface area contributed by atoms with Crippen molar-refractivity contribution in [3.63, 3.8) is 0 Å². The van der Waals surface area contributed by atoms with Gasteiger partial charge in [0.15, 0.2) is 0 Å². The largest absolute Gasteiger partial charge is 0.356 e. The summed E-state index contributed by atoms with van der Waals surface area (Å²) in [6.45, 7) is 9.49. The van der Waals surface area contributed by atoms with Gasteiger partial charge in [-0.1, -0.05) is 252 Å². The molecule has 0 spiro atoms. The number of hydrogen-bond acceptors (Lipinski definition) is 2. The maximum Gasteiger partial charge on any atom is 0.101 e. The highest BCUT2D eigenvalue weighted by atomic mass is 15.4. The van der Waals surface area contributed by atoms with E-state index in [1.165, 1.54) is 270 Å². The van der Waals surface area contributed by atoms with Gasteiger partial charge in [-0.05, 0) is 25.7 Å². The molecule has 1 aliphatic rings. The van der Waals surface area contributed by atoms with Gasteiger partial charge in [0.05, 0.1) is 0 Å². The summed E-state index contributed by atoms with van der Waals surface area (Å²) < 4.78 is 0. The molecule has 1 heterocycles. The van der Waals surface area contributed by atoms with Gasteiger partial charge in [0.1, 0.15) is 6.17 Å². The summed E-state index contributed by atoms with van der Waals surface area (Å²) in [6.07, 6.45) is 63.4. The molecule has 50 heavy (non-hydrogen) atoms. The summed E-state index contributed by atoms with van der Waals surface area (Å²) >= 11 is 0. The van der Waals surface area contributed by atoms with Gasteiger partial charge in [0, 0.05) is 25.5 Å². The van der Waals surface area contributed by atoms with Crippen LogP contribution in [0.1, 0.15) is 278 Å². The summed E-state index contributed by atoms with van der Waals surface area (Å²) in [5, 5.41) is 0. The Balaban J connectivity index is 2.13. The van der Waals surface area contributed by atoms with Crippen LogP contribution >= 0.6 is 0 Å². The minimum absolute atomic E-state index is 0.637. The van der Waals surface area contributed by atoms with E-state index in [1.807, 2.05) is 0 Å². The molecule has 2 nitrogen and oxygen atoms in total. The molecule has 0 radical (unpaired) electrons. The molecule has 0 aliphatic carbocycles. The summed E-state index contributed by atoms with van der Waals surface area (Å²) in [7, 11) is 0. The average Bonchev–Trinajstić information content (AvgIpc) is 3.51. The van der Waals surface area contributed by atoms with Gasteiger partial charge in [0.25, 0.3) is 0 Å². The predicted octanol–water partition coefficient (Wildman–Crippen LogP) is 17.1. The van der Waals surface area contributed by atoms with E-state index in [1.54, 1.807) is 0 Å². The fraction of sp³-hybridized carbons (Fsp3) is 0.958. The first-order chi connectivity index (χ1) is 24.8. The minimum Gasteiger partial charge on any atom is -0.356 e. The standard InChI is InChI=1S/C48H96N2/c1-4-7-10-13-16-18-20-22-24-26-28-30-32-34-37-40-43-48-49(44-41-38-35-15-12-9-6-3)46-47-50(48)45-42-39-36-33-31-29-27-25-23-21-19-17-14-11-8-5-2/h46-48H,4-45H2,1-3H3. The molecule has 1 atom stereocenters. The zero-order valence-electron chi connectivity index (χ0n) is 35.3. The molecule has 2 heteroatoms. The second-order valence-corrected chi connectivity index (χ2v) is 16.8. The van der Waals surface area contributed by atoms with Gasteiger partial charge < -0.3 is 9.80 Å². The van der Waals surface area contributed by atoms with E-state index in [0.29, 0.717) is 6.17 Å². The van der Waals surface area contributed by atoms with Crippen molar-refractivity contribution in [2.75, 3.05) is 13.1 Å². The van der Waals surface area contributed by atoms with Crippen LogP contribution in [0, 0.1) is 0 Å². The third-order valence-corrected chi connectivity index (χ3v) is 11.8. The van der Waals surface area contributed by atoms with Gasteiger partial charge in [-0.15, -0.1) is 0 Å². The first-order valence-corrected chi connectivity index (χ1v) is 24.0. The molecule has 0 fully saturated rings. The lowest BCUT2D eigenvalue weighted by Gasteiger charge is -2.33. The van der Waals surface area contributed by atoms with Crippen LogP contribution in [0.15, 0.2) is 12.4 Å². The first kappa shape index (κ1) is 47.4. The zero-order chi connectivity index (χ0) is 35.8. The molecule has 0 saturated carbocycles. The summed E-state index contributed by atoms with van der Waals surface area (Å²) in [5.74, 6) is 0. The highest BCUT2D eigenvalue weighted by Gasteiger charge is 2.24. The van der Waals surface area contributed by atoms with E-state index < -0.39 is 0 Å². The summed E-state index contributed by atoms with van der Waals surface area (Å²) in [4.78, 5) is 5.46. The molecule has 0 aromatic carbocycles. The minimum atomic E-state index is 0.637. The first-order valence-electron chi connectivity index (χ1n) is 24.0. The van der Waals surface area contributed by atoms with Crippen LogP contribution in [-0.4, -0.2) is 29.1 Å². The van der Waals surface area contributed by atoms with Crippen LogP contribution in [0.25, 0.3) is 0 Å². The second kappa shape index (κ2) is 39.5. The quantitative estimate of drug-likeness (QED) is 0.0585. The molecular weight excluding hydrogens is 605 g/mol. The lowest BCUT2D eigenvalue weighted by molar-refractivity contribution is 0.135. The van der Waals surface area contributed by atoms with Crippen LogP contribution in [0.2, 0.25) is 0 Å². The molecule has 0 bridgehead atoms. The van der Waals surface area contributed by atoms with Gasteiger partial charge in [-0.25, -0.2) is 0 Å². The normalized spacial score (nSPS) is 14.5. The molecule has 0 amide bonds. The second-order valence-electron chi connectivity index (χ2n) is 16.8.